The van der Waals surface area contributed by atoms with Crippen LogP contribution in [0.3, 0.4) is 0 Å². The minimum atomic E-state index is -0.451. The molecule has 0 aliphatic rings. The Kier molecular flexibility index (Phi) is 4.04. The first-order valence-electron chi connectivity index (χ1n) is 4.71. The first-order chi connectivity index (χ1) is 7.04. The van der Waals surface area contributed by atoms with Crippen molar-refractivity contribution in [2.45, 2.75) is 20.3 Å². The van der Waals surface area contributed by atoms with Crippen LogP contribution in [0.5, 0.6) is 0 Å². The van der Waals surface area contributed by atoms with Gasteiger partial charge in [-0.05, 0) is 36.3 Å². The molecule has 3 heteroatoms. The molecule has 0 saturated heterocycles. The van der Waals surface area contributed by atoms with Gasteiger partial charge in [0.1, 0.15) is 5.82 Å². The number of rotatable bonds is 3. The second-order valence-electron chi connectivity index (χ2n) is 3.28. The number of ketones is 1. The van der Waals surface area contributed by atoms with Gasteiger partial charge in [-0.3, -0.25) is 4.79 Å². The van der Waals surface area contributed by atoms with E-state index in [1.165, 1.54) is 12.1 Å². The molecule has 0 aromatic heterocycles. The lowest BCUT2D eigenvalue weighted by atomic mass is 10.1. The predicted octanol–water partition coefficient (Wildman–Crippen LogP) is 3.86. The summed E-state index contributed by atoms with van der Waals surface area (Å²) in [4.78, 5) is 11.3. The molecule has 0 aliphatic heterocycles. The van der Waals surface area contributed by atoms with Crippen LogP contribution in [0.25, 0.3) is 6.08 Å². The van der Waals surface area contributed by atoms with E-state index >= 15 is 0 Å². The third kappa shape index (κ3) is 3.17. The zero-order valence-electron chi connectivity index (χ0n) is 8.68. The van der Waals surface area contributed by atoms with Crippen molar-refractivity contribution in [2.75, 3.05) is 0 Å². The van der Waals surface area contributed by atoms with Gasteiger partial charge in [-0.15, -0.1) is 0 Å². The van der Waals surface area contributed by atoms with Crippen molar-refractivity contribution in [1.82, 2.24) is 0 Å². The van der Waals surface area contributed by atoms with Crippen LogP contribution in [-0.2, 0) is 4.79 Å². The fourth-order valence-electron chi connectivity index (χ4n) is 1.21. The lowest BCUT2D eigenvalue weighted by Crippen LogP contribution is -1.95. The van der Waals surface area contributed by atoms with Crippen LogP contribution in [0.4, 0.5) is 4.39 Å². The van der Waals surface area contributed by atoms with Gasteiger partial charge in [-0.25, -0.2) is 4.39 Å². The summed E-state index contributed by atoms with van der Waals surface area (Å²) in [6, 6.07) is 4.38. The number of Topliss-reactive ketones (excluding diaryl/α,β-unsaturated/α-hetero) is 1. The highest BCUT2D eigenvalue weighted by molar-refractivity contribution is 6.30. The second kappa shape index (κ2) is 5.08. The highest BCUT2D eigenvalue weighted by Crippen LogP contribution is 2.18. The van der Waals surface area contributed by atoms with E-state index in [1.807, 2.05) is 0 Å². The first-order valence-corrected chi connectivity index (χ1v) is 5.09. The van der Waals surface area contributed by atoms with Crippen molar-refractivity contribution >= 4 is 23.5 Å². The van der Waals surface area contributed by atoms with Crippen molar-refractivity contribution < 1.29 is 9.18 Å². The average Bonchev–Trinajstić information content (AvgIpc) is 2.22. The van der Waals surface area contributed by atoms with Gasteiger partial charge in [0, 0.05) is 6.42 Å². The Hall–Kier alpha value is -1.15. The average molecular weight is 227 g/mol. The molecule has 0 spiro atoms. The first kappa shape index (κ1) is 11.9. The predicted molar refractivity (Wildman–Crippen MR) is 60.4 cm³/mol. The monoisotopic (exact) mass is 226 g/mol. The van der Waals surface area contributed by atoms with E-state index in [9.17, 15) is 9.18 Å². The molecule has 0 bridgehead atoms. The molecule has 0 radical (unpaired) electrons. The van der Waals surface area contributed by atoms with Crippen molar-refractivity contribution in [3.8, 4) is 0 Å². The number of carbonyl (C=O) groups excluding carboxylic acids is 1. The Morgan fingerprint density at radius 2 is 2.20 bits per heavy atom. The van der Waals surface area contributed by atoms with Crippen LogP contribution in [0, 0.1) is 5.82 Å². The molecule has 0 N–H and O–H groups in total. The molecule has 0 atom stereocenters. The number of carbonyl (C=O) groups is 1. The third-order valence-corrected chi connectivity index (χ3v) is 2.38. The zero-order valence-corrected chi connectivity index (χ0v) is 9.44. The summed E-state index contributed by atoms with van der Waals surface area (Å²) < 4.78 is 12.8. The van der Waals surface area contributed by atoms with Crippen LogP contribution in [0.15, 0.2) is 23.8 Å². The smallest absolute Gasteiger partial charge is 0.158 e. The molecule has 0 saturated carbocycles. The summed E-state index contributed by atoms with van der Waals surface area (Å²) in [5.41, 5.74) is 1.39. The topological polar surface area (TPSA) is 17.1 Å². The molecule has 1 aromatic carbocycles. The maximum atomic E-state index is 12.8. The summed E-state index contributed by atoms with van der Waals surface area (Å²) in [5, 5.41) is 0.0699. The van der Waals surface area contributed by atoms with Gasteiger partial charge in [-0.2, -0.15) is 0 Å². The van der Waals surface area contributed by atoms with Crippen LogP contribution in [-0.4, -0.2) is 5.78 Å². The van der Waals surface area contributed by atoms with E-state index in [0.29, 0.717) is 12.0 Å². The van der Waals surface area contributed by atoms with Gasteiger partial charge in [-0.1, -0.05) is 24.6 Å². The number of benzene rings is 1. The molecule has 1 aromatic rings. The molecule has 80 valence electrons. The summed E-state index contributed by atoms with van der Waals surface area (Å²) >= 11 is 5.62. The van der Waals surface area contributed by atoms with Crippen molar-refractivity contribution in [3.05, 3.63) is 40.2 Å². The molecule has 0 aliphatic carbocycles. The number of hydrogen-bond donors (Lipinski definition) is 0. The lowest BCUT2D eigenvalue weighted by Gasteiger charge is -1.99. The molecule has 0 unspecified atom stereocenters. The van der Waals surface area contributed by atoms with E-state index in [2.05, 4.69) is 0 Å². The van der Waals surface area contributed by atoms with E-state index in [4.69, 9.17) is 11.6 Å². The molecule has 1 nitrogen and oxygen atoms in total. The Bertz CT molecular complexity index is 410. The van der Waals surface area contributed by atoms with E-state index < -0.39 is 5.82 Å². The van der Waals surface area contributed by atoms with Crippen LogP contribution in [0.1, 0.15) is 25.8 Å². The minimum absolute atomic E-state index is 0.0699. The molecule has 0 heterocycles. The van der Waals surface area contributed by atoms with Crippen molar-refractivity contribution in [2.24, 2.45) is 0 Å². The Morgan fingerprint density at radius 3 is 2.73 bits per heavy atom. The molecule has 0 fully saturated rings. The quantitative estimate of drug-likeness (QED) is 0.716. The number of halogens is 2. The third-order valence-electron chi connectivity index (χ3n) is 2.09. The fourth-order valence-corrected chi connectivity index (χ4v) is 1.40. The Balaban J connectivity index is 2.98. The van der Waals surface area contributed by atoms with Crippen LogP contribution >= 0.6 is 11.6 Å². The summed E-state index contributed by atoms with van der Waals surface area (Å²) in [6.07, 6.45) is 2.18. The molecular weight excluding hydrogens is 215 g/mol. The zero-order chi connectivity index (χ0) is 11.4. The SMILES string of the molecule is CCC(=O)/C(C)=C/c1ccc(F)c(Cl)c1. The van der Waals surface area contributed by atoms with Gasteiger partial charge >= 0.3 is 0 Å². The maximum absolute atomic E-state index is 12.8. The maximum Gasteiger partial charge on any atom is 0.158 e. The van der Waals surface area contributed by atoms with E-state index in [0.717, 1.165) is 5.56 Å². The summed E-state index contributed by atoms with van der Waals surface area (Å²) in [6.45, 7) is 3.54. The van der Waals surface area contributed by atoms with Crippen LogP contribution < -0.4 is 0 Å². The van der Waals surface area contributed by atoms with Crippen molar-refractivity contribution in [1.29, 1.82) is 0 Å². The fraction of sp³-hybridized carbons (Fsp3) is 0.250. The molecule has 1 rings (SSSR count). The Morgan fingerprint density at radius 1 is 1.53 bits per heavy atom. The minimum Gasteiger partial charge on any atom is -0.295 e. The highest BCUT2D eigenvalue weighted by Gasteiger charge is 2.03. The second-order valence-corrected chi connectivity index (χ2v) is 3.68. The summed E-state index contributed by atoms with van der Waals surface area (Å²) in [7, 11) is 0. The van der Waals surface area contributed by atoms with Gasteiger partial charge in [0.05, 0.1) is 5.02 Å². The van der Waals surface area contributed by atoms with Crippen LogP contribution in [0.2, 0.25) is 5.02 Å². The normalized spacial score (nSPS) is 11.6. The standard InChI is InChI=1S/C12H12ClFO/c1-3-12(15)8(2)6-9-4-5-11(14)10(13)7-9/h4-7H,3H2,1-2H3/b8-6+. The van der Waals surface area contributed by atoms with Gasteiger partial charge in [0.25, 0.3) is 0 Å². The van der Waals surface area contributed by atoms with Gasteiger partial charge in [0.2, 0.25) is 0 Å². The largest absolute Gasteiger partial charge is 0.295 e. The van der Waals surface area contributed by atoms with Gasteiger partial charge in [0.15, 0.2) is 5.78 Å². The highest BCUT2D eigenvalue weighted by atomic mass is 35.5. The molecule has 0 amide bonds. The van der Waals surface area contributed by atoms with Crippen molar-refractivity contribution in [3.63, 3.8) is 0 Å². The van der Waals surface area contributed by atoms with E-state index in [-0.39, 0.29) is 10.8 Å². The molecule has 15 heavy (non-hydrogen) atoms. The van der Waals surface area contributed by atoms with Gasteiger partial charge < -0.3 is 0 Å². The number of hydrogen-bond acceptors (Lipinski definition) is 1. The summed E-state index contributed by atoms with van der Waals surface area (Å²) in [5.74, 6) is -0.372. The number of allylic oxidation sites excluding steroid dienone is 1. The molecular formula is C12H12ClFO. The Labute approximate surface area is 93.6 Å². The van der Waals surface area contributed by atoms with E-state index in [1.54, 1.807) is 26.0 Å². The lowest BCUT2D eigenvalue weighted by molar-refractivity contribution is -0.115.